The Balaban J connectivity index is 2.13. The second-order valence-electron chi connectivity index (χ2n) is 5.52. The Kier molecular flexibility index (Phi) is 3.89. The Bertz CT molecular complexity index is 355. The molecule has 2 N–H and O–H groups in total. The molecule has 0 aromatic carbocycles. The molecule has 96 valence electrons. The minimum Gasteiger partial charge on any atom is -0.465 e. The highest BCUT2D eigenvalue weighted by atomic mass is 16.3. The molecule has 0 radical (unpaired) electrons. The maximum absolute atomic E-state index is 5.95. The van der Waals surface area contributed by atoms with Crippen molar-refractivity contribution in [1.82, 2.24) is 4.90 Å². The van der Waals surface area contributed by atoms with Crippen LogP contribution >= 0.6 is 0 Å². The van der Waals surface area contributed by atoms with Crippen molar-refractivity contribution in [1.29, 1.82) is 0 Å². The lowest BCUT2D eigenvalue weighted by molar-refractivity contribution is 0.150. The number of hydrogen-bond acceptors (Lipinski definition) is 3. The predicted octanol–water partition coefficient (Wildman–Crippen LogP) is 2.71. The molecule has 3 heteroatoms. The number of nitrogens with zero attached hydrogens (tertiary/aromatic N) is 1. The summed E-state index contributed by atoms with van der Waals surface area (Å²) in [7, 11) is 0. The minimum absolute atomic E-state index is 0.249. The van der Waals surface area contributed by atoms with E-state index in [-0.39, 0.29) is 6.04 Å². The molecule has 1 heterocycles. The number of hydrogen-bond donors (Lipinski definition) is 1. The van der Waals surface area contributed by atoms with E-state index in [4.69, 9.17) is 10.2 Å². The van der Waals surface area contributed by atoms with Crippen LogP contribution in [0.5, 0.6) is 0 Å². The van der Waals surface area contributed by atoms with E-state index in [1.165, 1.54) is 12.8 Å². The maximum atomic E-state index is 5.95. The first kappa shape index (κ1) is 12.7. The van der Waals surface area contributed by atoms with Crippen LogP contribution in [0.2, 0.25) is 0 Å². The normalized spacial score (nSPS) is 18.0. The molecule has 1 aromatic heterocycles. The van der Waals surface area contributed by atoms with Gasteiger partial charge >= 0.3 is 0 Å². The van der Waals surface area contributed by atoms with Crippen LogP contribution in [0.1, 0.15) is 44.3 Å². The molecule has 1 aromatic rings. The Morgan fingerprint density at radius 2 is 2.12 bits per heavy atom. The highest BCUT2D eigenvalue weighted by Crippen LogP contribution is 2.35. The molecule has 1 fully saturated rings. The van der Waals surface area contributed by atoms with E-state index in [0.29, 0.717) is 12.5 Å². The second kappa shape index (κ2) is 5.23. The van der Waals surface area contributed by atoms with Crippen LogP contribution in [0.15, 0.2) is 16.5 Å². The van der Waals surface area contributed by atoms with Crippen molar-refractivity contribution in [3.05, 3.63) is 23.7 Å². The summed E-state index contributed by atoms with van der Waals surface area (Å²) in [5.41, 5.74) is 5.95. The molecule has 2 rings (SSSR count). The van der Waals surface area contributed by atoms with E-state index >= 15 is 0 Å². The van der Waals surface area contributed by atoms with Crippen molar-refractivity contribution < 1.29 is 4.42 Å². The zero-order valence-electron chi connectivity index (χ0n) is 11.1. The quantitative estimate of drug-likeness (QED) is 0.825. The monoisotopic (exact) mass is 236 g/mol. The maximum Gasteiger partial charge on any atom is 0.122 e. The topological polar surface area (TPSA) is 42.4 Å². The predicted molar refractivity (Wildman–Crippen MR) is 69.8 cm³/mol. The summed E-state index contributed by atoms with van der Waals surface area (Å²) in [5, 5.41) is 0. The molecule has 17 heavy (non-hydrogen) atoms. The summed E-state index contributed by atoms with van der Waals surface area (Å²) < 4.78 is 5.76. The molecule has 0 aliphatic heterocycles. The van der Waals surface area contributed by atoms with Gasteiger partial charge in [0.15, 0.2) is 0 Å². The first-order valence-corrected chi connectivity index (χ1v) is 6.64. The third-order valence-corrected chi connectivity index (χ3v) is 3.31. The van der Waals surface area contributed by atoms with Gasteiger partial charge in [-0.3, -0.25) is 4.90 Å². The molecule has 1 atom stereocenters. The van der Waals surface area contributed by atoms with Crippen LogP contribution in [0.4, 0.5) is 0 Å². The largest absolute Gasteiger partial charge is 0.465 e. The molecular formula is C14H24N2O. The van der Waals surface area contributed by atoms with Crippen LogP contribution in [0.25, 0.3) is 0 Å². The molecule has 0 amide bonds. The van der Waals surface area contributed by atoms with E-state index in [1.54, 1.807) is 0 Å². The molecule has 1 unspecified atom stereocenters. The summed E-state index contributed by atoms with van der Waals surface area (Å²) in [6.07, 6.45) is 2.62. The standard InChI is InChI=1S/C14H24N2O/c1-10(2)9-16(12-5-6-12)13(8-15)14-7-4-11(3)17-14/h4,7,10,12-13H,5-6,8-9,15H2,1-3H3. The van der Waals surface area contributed by atoms with Gasteiger partial charge in [-0.15, -0.1) is 0 Å². The zero-order valence-corrected chi connectivity index (χ0v) is 11.1. The summed E-state index contributed by atoms with van der Waals surface area (Å²) in [4.78, 5) is 2.53. The van der Waals surface area contributed by atoms with E-state index < -0.39 is 0 Å². The second-order valence-corrected chi connectivity index (χ2v) is 5.52. The smallest absolute Gasteiger partial charge is 0.122 e. The summed E-state index contributed by atoms with van der Waals surface area (Å²) in [6.45, 7) is 8.25. The Morgan fingerprint density at radius 3 is 2.53 bits per heavy atom. The van der Waals surface area contributed by atoms with Crippen LogP contribution in [0.3, 0.4) is 0 Å². The van der Waals surface area contributed by atoms with Crippen LogP contribution in [-0.4, -0.2) is 24.0 Å². The van der Waals surface area contributed by atoms with Crippen molar-refractivity contribution in [3.63, 3.8) is 0 Å². The Morgan fingerprint density at radius 1 is 1.41 bits per heavy atom. The third-order valence-electron chi connectivity index (χ3n) is 3.31. The van der Waals surface area contributed by atoms with Gasteiger partial charge in [0, 0.05) is 19.1 Å². The average molecular weight is 236 g/mol. The molecule has 3 nitrogen and oxygen atoms in total. The van der Waals surface area contributed by atoms with Gasteiger partial charge in [0.05, 0.1) is 6.04 Å². The van der Waals surface area contributed by atoms with Crippen molar-refractivity contribution in [2.24, 2.45) is 11.7 Å². The van der Waals surface area contributed by atoms with Crippen molar-refractivity contribution in [3.8, 4) is 0 Å². The molecule has 1 aliphatic rings. The molecule has 0 saturated heterocycles. The molecule has 0 spiro atoms. The summed E-state index contributed by atoms with van der Waals surface area (Å²) in [5.74, 6) is 2.66. The van der Waals surface area contributed by atoms with Crippen LogP contribution in [0, 0.1) is 12.8 Å². The third kappa shape index (κ3) is 3.11. The lowest BCUT2D eigenvalue weighted by atomic mass is 10.1. The van der Waals surface area contributed by atoms with Gasteiger partial charge in [-0.1, -0.05) is 13.8 Å². The number of furan rings is 1. The van der Waals surface area contributed by atoms with Gasteiger partial charge in [0.2, 0.25) is 0 Å². The van der Waals surface area contributed by atoms with Crippen molar-refractivity contribution in [2.75, 3.05) is 13.1 Å². The lowest BCUT2D eigenvalue weighted by Crippen LogP contribution is -2.37. The highest BCUT2D eigenvalue weighted by molar-refractivity contribution is 5.11. The van der Waals surface area contributed by atoms with Gasteiger partial charge in [0.1, 0.15) is 11.5 Å². The van der Waals surface area contributed by atoms with Gasteiger partial charge < -0.3 is 10.2 Å². The van der Waals surface area contributed by atoms with Crippen molar-refractivity contribution >= 4 is 0 Å². The Labute approximate surface area is 104 Å². The van der Waals surface area contributed by atoms with Crippen LogP contribution in [-0.2, 0) is 0 Å². The van der Waals surface area contributed by atoms with Gasteiger partial charge in [-0.05, 0) is 37.8 Å². The first-order chi connectivity index (χ1) is 8.11. The molecular weight excluding hydrogens is 212 g/mol. The molecule has 1 saturated carbocycles. The fourth-order valence-electron chi connectivity index (χ4n) is 2.41. The van der Waals surface area contributed by atoms with Gasteiger partial charge in [0.25, 0.3) is 0 Å². The molecule has 0 bridgehead atoms. The summed E-state index contributed by atoms with van der Waals surface area (Å²) >= 11 is 0. The lowest BCUT2D eigenvalue weighted by Gasteiger charge is -2.31. The van der Waals surface area contributed by atoms with Crippen molar-refractivity contribution in [2.45, 2.75) is 45.7 Å². The number of nitrogens with two attached hydrogens (primary N) is 1. The highest BCUT2D eigenvalue weighted by Gasteiger charge is 2.35. The van der Waals surface area contributed by atoms with Gasteiger partial charge in [-0.2, -0.15) is 0 Å². The van der Waals surface area contributed by atoms with E-state index in [1.807, 2.05) is 13.0 Å². The zero-order chi connectivity index (χ0) is 12.4. The van der Waals surface area contributed by atoms with Gasteiger partial charge in [-0.25, -0.2) is 0 Å². The molecule has 1 aliphatic carbocycles. The van der Waals surface area contributed by atoms with E-state index in [2.05, 4.69) is 24.8 Å². The SMILES string of the molecule is Cc1ccc(C(CN)N(CC(C)C)C2CC2)o1. The fraction of sp³-hybridized carbons (Fsp3) is 0.714. The van der Waals surface area contributed by atoms with E-state index in [0.717, 1.165) is 24.1 Å². The minimum atomic E-state index is 0.249. The first-order valence-electron chi connectivity index (χ1n) is 6.64. The Hall–Kier alpha value is -0.800. The van der Waals surface area contributed by atoms with E-state index in [9.17, 15) is 0 Å². The number of rotatable bonds is 6. The average Bonchev–Trinajstić information content (AvgIpc) is 3.02. The summed E-state index contributed by atoms with van der Waals surface area (Å²) in [6, 6.07) is 5.07. The van der Waals surface area contributed by atoms with Crippen LogP contribution < -0.4 is 5.73 Å². The fourth-order valence-corrected chi connectivity index (χ4v) is 2.41. The number of aryl methyl sites for hydroxylation is 1.